The van der Waals surface area contributed by atoms with E-state index in [0.29, 0.717) is 6.61 Å². The van der Waals surface area contributed by atoms with Gasteiger partial charge >= 0.3 is 0 Å². The summed E-state index contributed by atoms with van der Waals surface area (Å²) in [5, 5.41) is 2.37. The second-order valence-corrected chi connectivity index (χ2v) is 8.18. The second kappa shape index (κ2) is 7.68. The molecule has 0 amide bonds. The average molecular weight is 421 g/mol. The van der Waals surface area contributed by atoms with Crippen LogP contribution in [0.1, 0.15) is 18.1 Å². The van der Waals surface area contributed by atoms with E-state index in [1.54, 1.807) is 0 Å². The minimum absolute atomic E-state index is 0.653. The lowest BCUT2D eigenvalue weighted by Gasteiger charge is -2.23. The smallest absolute Gasteiger partial charge is 0.137 e. The van der Waals surface area contributed by atoms with E-state index in [1.807, 2.05) is 24.7 Å². The van der Waals surface area contributed by atoms with Crippen LogP contribution in [-0.2, 0) is 13.0 Å². The molecule has 5 aromatic rings. The molecule has 0 saturated carbocycles. The lowest BCUT2D eigenvalue weighted by atomic mass is 9.96. The van der Waals surface area contributed by atoms with Crippen LogP contribution in [0.3, 0.4) is 0 Å². The molecule has 2 aromatic carbocycles. The first-order valence-electron chi connectivity index (χ1n) is 11.1. The molecule has 1 aliphatic heterocycles. The van der Waals surface area contributed by atoms with Gasteiger partial charge in [-0.2, -0.15) is 0 Å². The fourth-order valence-electron chi connectivity index (χ4n) is 4.82. The largest absolute Gasteiger partial charge is 0.491 e. The van der Waals surface area contributed by atoms with Crippen molar-refractivity contribution in [3.8, 4) is 16.9 Å². The summed E-state index contributed by atoms with van der Waals surface area (Å²) in [6.45, 7) is 4.47. The number of ether oxygens (including phenoxy) is 1. The van der Waals surface area contributed by atoms with Crippen molar-refractivity contribution in [1.29, 1.82) is 0 Å². The minimum Gasteiger partial charge on any atom is -0.491 e. The van der Waals surface area contributed by atoms with Crippen molar-refractivity contribution in [1.82, 2.24) is 15.0 Å². The Morgan fingerprint density at radius 1 is 1.03 bits per heavy atom. The number of hydrogen-bond acceptors (Lipinski definition) is 4. The van der Waals surface area contributed by atoms with Gasteiger partial charge in [0.15, 0.2) is 0 Å². The number of hydrogen-bond donors (Lipinski definition) is 1. The summed E-state index contributed by atoms with van der Waals surface area (Å²) >= 11 is 0. The van der Waals surface area contributed by atoms with Crippen molar-refractivity contribution in [3.63, 3.8) is 0 Å². The monoisotopic (exact) mass is 420 g/mol. The number of anilines is 1. The van der Waals surface area contributed by atoms with E-state index in [4.69, 9.17) is 4.74 Å². The van der Waals surface area contributed by atoms with E-state index in [9.17, 15) is 0 Å². The standard InChI is InChI=1S/C27H24N4O/c1-2-20-21-9-11-29-27(21)30-16-23(20)18-7-8-26-19(15-18)17-31(13-14-32-26)25-10-12-28-24-6-4-3-5-22(24)25/h3-12,15-16H,2,13-14,17H2,1H3,(H,29,30). The number of nitrogens with one attached hydrogen (secondary N) is 1. The Morgan fingerprint density at radius 3 is 2.91 bits per heavy atom. The number of H-pyrrole nitrogens is 1. The Hall–Kier alpha value is -3.86. The number of nitrogens with zero attached hydrogens (tertiary/aromatic N) is 3. The molecule has 1 N–H and O–H groups in total. The highest BCUT2D eigenvalue weighted by atomic mass is 16.5. The first-order valence-corrected chi connectivity index (χ1v) is 11.1. The Labute approximate surface area is 186 Å². The summed E-state index contributed by atoms with van der Waals surface area (Å²) in [5.74, 6) is 0.961. The number of aromatic nitrogens is 3. The number of rotatable bonds is 3. The fraction of sp³-hybridized carbons (Fsp3) is 0.185. The highest BCUT2D eigenvalue weighted by Crippen LogP contribution is 2.35. The molecule has 32 heavy (non-hydrogen) atoms. The summed E-state index contributed by atoms with van der Waals surface area (Å²) in [7, 11) is 0. The topological polar surface area (TPSA) is 54.0 Å². The number of para-hydroxylation sites is 1. The maximum atomic E-state index is 6.14. The zero-order chi connectivity index (χ0) is 21.5. The van der Waals surface area contributed by atoms with Crippen molar-refractivity contribution >= 4 is 27.6 Å². The van der Waals surface area contributed by atoms with Crippen LogP contribution in [0.25, 0.3) is 33.1 Å². The van der Waals surface area contributed by atoms with Crippen molar-refractivity contribution < 1.29 is 4.74 Å². The molecule has 158 valence electrons. The van der Waals surface area contributed by atoms with Gasteiger partial charge in [0, 0.05) is 52.7 Å². The molecule has 5 nitrogen and oxygen atoms in total. The predicted molar refractivity (Wildman–Crippen MR) is 129 cm³/mol. The Morgan fingerprint density at radius 2 is 1.97 bits per heavy atom. The normalized spacial score (nSPS) is 13.7. The van der Waals surface area contributed by atoms with Crippen LogP contribution < -0.4 is 9.64 Å². The minimum atomic E-state index is 0.653. The molecule has 3 aromatic heterocycles. The first kappa shape index (κ1) is 18.9. The van der Waals surface area contributed by atoms with Gasteiger partial charge in [-0.15, -0.1) is 0 Å². The molecular formula is C27H24N4O. The van der Waals surface area contributed by atoms with Gasteiger partial charge in [0.1, 0.15) is 18.0 Å². The molecule has 0 spiro atoms. The number of benzene rings is 2. The van der Waals surface area contributed by atoms with Crippen LogP contribution in [0.5, 0.6) is 5.75 Å². The third-order valence-corrected chi connectivity index (χ3v) is 6.37. The summed E-state index contributed by atoms with van der Waals surface area (Å²) in [6.07, 6.45) is 6.80. The highest BCUT2D eigenvalue weighted by molar-refractivity contribution is 5.91. The second-order valence-electron chi connectivity index (χ2n) is 8.18. The predicted octanol–water partition coefficient (Wildman–Crippen LogP) is 5.74. The maximum absolute atomic E-state index is 6.14. The summed E-state index contributed by atoms with van der Waals surface area (Å²) < 4.78 is 6.14. The van der Waals surface area contributed by atoms with Crippen molar-refractivity contribution in [2.75, 3.05) is 18.1 Å². The molecule has 0 bridgehead atoms. The number of fused-ring (bicyclic) bond motifs is 3. The van der Waals surface area contributed by atoms with Crippen molar-refractivity contribution in [2.24, 2.45) is 0 Å². The number of pyridine rings is 2. The van der Waals surface area contributed by atoms with Gasteiger partial charge in [-0.05, 0) is 47.9 Å². The third kappa shape index (κ3) is 3.09. The maximum Gasteiger partial charge on any atom is 0.137 e. The average Bonchev–Trinajstić information content (AvgIpc) is 3.22. The summed E-state index contributed by atoms with van der Waals surface area (Å²) in [6, 6.07) is 19.1. The molecule has 5 heteroatoms. The van der Waals surface area contributed by atoms with E-state index in [1.165, 1.54) is 38.7 Å². The zero-order valence-electron chi connectivity index (χ0n) is 18.0. The Balaban J connectivity index is 1.43. The number of aryl methyl sites for hydroxylation is 1. The van der Waals surface area contributed by atoms with E-state index in [-0.39, 0.29) is 0 Å². The van der Waals surface area contributed by atoms with Gasteiger partial charge in [-0.25, -0.2) is 4.98 Å². The number of aromatic amines is 1. The van der Waals surface area contributed by atoms with Gasteiger partial charge in [0.25, 0.3) is 0 Å². The van der Waals surface area contributed by atoms with Crippen LogP contribution in [0, 0.1) is 0 Å². The fourth-order valence-corrected chi connectivity index (χ4v) is 4.82. The molecular weight excluding hydrogens is 396 g/mol. The quantitative estimate of drug-likeness (QED) is 0.404. The van der Waals surface area contributed by atoms with Gasteiger partial charge < -0.3 is 14.6 Å². The van der Waals surface area contributed by atoms with Crippen LogP contribution >= 0.6 is 0 Å². The molecule has 6 rings (SSSR count). The molecule has 4 heterocycles. The molecule has 0 saturated heterocycles. The lowest BCUT2D eigenvalue weighted by molar-refractivity contribution is 0.332. The van der Waals surface area contributed by atoms with Gasteiger partial charge in [0.2, 0.25) is 0 Å². The SMILES string of the molecule is CCc1c(-c2ccc3c(c2)CN(c2ccnc4ccccc24)CCO3)cnc2[nH]ccc12. The van der Waals surface area contributed by atoms with E-state index in [2.05, 4.69) is 75.3 Å². The van der Waals surface area contributed by atoms with Crippen molar-refractivity contribution in [3.05, 3.63) is 84.3 Å². The zero-order valence-corrected chi connectivity index (χ0v) is 18.0. The molecule has 0 aliphatic carbocycles. The van der Waals surface area contributed by atoms with Gasteiger partial charge in [-0.3, -0.25) is 4.98 Å². The molecule has 0 fully saturated rings. The van der Waals surface area contributed by atoms with E-state index in [0.717, 1.165) is 36.4 Å². The van der Waals surface area contributed by atoms with Crippen LogP contribution in [-0.4, -0.2) is 28.1 Å². The van der Waals surface area contributed by atoms with Crippen LogP contribution in [0.4, 0.5) is 5.69 Å². The highest BCUT2D eigenvalue weighted by Gasteiger charge is 2.19. The van der Waals surface area contributed by atoms with Crippen LogP contribution in [0.2, 0.25) is 0 Å². The summed E-state index contributed by atoms with van der Waals surface area (Å²) in [5.41, 5.74) is 8.04. The Bertz CT molecular complexity index is 1430. The molecule has 0 atom stereocenters. The van der Waals surface area contributed by atoms with Gasteiger partial charge in [-0.1, -0.05) is 31.2 Å². The third-order valence-electron chi connectivity index (χ3n) is 6.37. The molecule has 1 aliphatic rings. The first-order chi connectivity index (χ1) is 15.8. The van der Waals surface area contributed by atoms with Gasteiger partial charge in [0.05, 0.1) is 12.1 Å². The molecule has 0 unspecified atom stereocenters. The summed E-state index contributed by atoms with van der Waals surface area (Å²) in [4.78, 5) is 14.8. The van der Waals surface area contributed by atoms with E-state index >= 15 is 0 Å². The molecule has 0 radical (unpaired) electrons. The lowest BCUT2D eigenvalue weighted by Crippen LogP contribution is -2.25. The van der Waals surface area contributed by atoms with Crippen LogP contribution in [0.15, 0.2) is 73.2 Å². The van der Waals surface area contributed by atoms with E-state index < -0.39 is 0 Å². The van der Waals surface area contributed by atoms with Crippen molar-refractivity contribution in [2.45, 2.75) is 19.9 Å². The Kier molecular flexibility index (Phi) is 4.53.